The molecule has 1 aliphatic rings. The van der Waals surface area contributed by atoms with Crippen molar-refractivity contribution in [3.63, 3.8) is 0 Å². The minimum absolute atomic E-state index is 0.0315. The summed E-state index contributed by atoms with van der Waals surface area (Å²) < 4.78 is 5.42. The van der Waals surface area contributed by atoms with Gasteiger partial charge in [0.05, 0.1) is 5.92 Å². The van der Waals surface area contributed by atoms with E-state index in [2.05, 4.69) is 23.1 Å². The maximum atomic E-state index is 12.5. The highest BCUT2D eigenvalue weighted by Crippen LogP contribution is 2.33. The number of carbonyl (C=O) groups is 1. The first-order valence-electron chi connectivity index (χ1n) is 8.12. The SMILES string of the molecule is CCc1ccccc1N1CC(c2nc(C(C)(C)C)no2)CC1=O. The molecule has 1 aliphatic heterocycles. The molecule has 1 fully saturated rings. The molecule has 5 heteroatoms. The first kappa shape index (κ1) is 15.7. The van der Waals surface area contributed by atoms with Crippen LogP contribution in [0.3, 0.4) is 0 Å². The van der Waals surface area contributed by atoms with Crippen LogP contribution < -0.4 is 4.90 Å². The standard InChI is InChI=1S/C18H23N3O2/c1-5-12-8-6-7-9-14(12)21-11-13(10-15(21)22)16-19-17(20-23-16)18(2,3)4/h6-9,13H,5,10-11H2,1-4H3. The lowest BCUT2D eigenvalue weighted by Gasteiger charge is -2.19. The number of para-hydroxylation sites is 1. The van der Waals surface area contributed by atoms with E-state index in [4.69, 9.17) is 4.52 Å². The zero-order valence-corrected chi connectivity index (χ0v) is 14.2. The van der Waals surface area contributed by atoms with Crippen LogP contribution in [0.5, 0.6) is 0 Å². The van der Waals surface area contributed by atoms with Gasteiger partial charge in [0.25, 0.3) is 0 Å². The Morgan fingerprint density at radius 1 is 1.30 bits per heavy atom. The summed E-state index contributed by atoms with van der Waals surface area (Å²) in [4.78, 5) is 18.8. The van der Waals surface area contributed by atoms with Crippen molar-refractivity contribution >= 4 is 11.6 Å². The van der Waals surface area contributed by atoms with Crippen LogP contribution >= 0.6 is 0 Å². The van der Waals surface area contributed by atoms with E-state index >= 15 is 0 Å². The van der Waals surface area contributed by atoms with Gasteiger partial charge in [-0.2, -0.15) is 4.98 Å². The number of amides is 1. The third kappa shape index (κ3) is 3.00. The number of carbonyl (C=O) groups excluding carboxylic acids is 1. The van der Waals surface area contributed by atoms with Crippen molar-refractivity contribution in [2.75, 3.05) is 11.4 Å². The highest BCUT2D eigenvalue weighted by atomic mass is 16.5. The third-order valence-electron chi connectivity index (χ3n) is 4.25. The third-order valence-corrected chi connectivity index (χ3v) is 4.25. The number of rotatable bonds is 3. The second kappa shape index (κ2) is 5.80. The smallest absolute Gasteiger partial charge is 0.232 e. The average Bonchev–Trinajstić information content (AvgIpc) is 3.13. The molecule has 23 heavy (non-hydrogen) atoms. The predicted molar refractivity (Wildman–Crippen MR) is 88.5 cm³/mol. The van der Waals surface area contributed by atoms with Crippen LogP contribution in [0, 0.1) is 0 Å². The number of anilines is 1. The average molecular weight is 313 g/mol. The Morgan fingerprint density at radius 3 is 2.70 bits per heavy atom. The van der Waals surface area contributed by atoms with Crippen LogP contribution in [-0.2, 0) is 16.6 Å². The molecule has 1 amide bonds. The van der Waals surface area contributed by atoms with E-state index in [0.717, 1.165) is 12.1 Å². The molecule has 1 saturated heterocycles. The monoisotopic (exact) mass is 313 g/mol. The Balaban J connectivity index is 1.84. The zero-order chi connectivity index (χ0) is 16.6. The van der Waals surface area contributed by atoms with Crippen molar-refractivity contribution in [1.82, 2.24) is 10.1 Å². The van der Waals surface area contributed by atoms with Crippen LogP contribution in [0.15, 0.2) is 28.8 Å². The molecule has 2 heterocycles. The molecule has 5 nitrogen and oxygen atoms in total. The molecule has 2 aromatic rings. The largest absolute Gasteiger partial charge is 0.339 e. The topological polar surface area (TPSA) is 59.2 Å². The van der Waals surface area contributed by atoms with Crippen molar-refractivity contribution in [3.8, 4) is 0 Å². The number of aromatic nitrogens is 2. The van der Waals surface area contributed by atoms with Gasteiger partial charge in [0, 0.05) is 24.1 Å². The minimum atomic E-state index is -0.154. The van der Waals surface area contributed by atoms with Crippen molar-refractivity contribution < 1.29 is 9.32 Å². The van der Waals surface area contributed by atoms with Gasteiger partial charge in [0.2, 0.25) is 11.8 Å². The number of hydrogen-bond donors (Lipinski definition) is 0. The van der Waals surface area contributed by atoms with Gasteiger partial charge < -0.3 is 9.42 Å². The summed E-state index contributed by atoms with van der Waals surface area (Å²) in [6.45, 7) is 8.84. The Kier molecular flexibility index (Phi) is 3.96. The van der Waals surface area contributed by atoms with E-state index < -0.39 is 0 Å². The quantitative estimate of drug-likeness (QED) is 0.871. The van der Waals surface area contributed by atoms with Crippen molar-refractivity contribution in [1.29, 1.82) is 0 Å². The van der Waals surface area contributed by atoms with E-state index in [9.17, 15) is 4.79 Å². The Labute approximate surface area is 136 Å². The van der Waals surface area contributed by atoms with Gasteiger partial charge in [-0.25, -0.2) is 0 Å². The molecule has 0 bridgehead atoms. The molecule has 3 rings (SSSR count). The second-order valence-electron chi connectivity index (χ2n) is 7.09. The molecule has 122 valence electrons. The van der Waals surface area contributed by atoms with E-state index in [1.807, 2.05) is 43.9 Å². The molecule has 0 spiro atoms. The fraction of sp³-hybridized carbons (Fsp3) is 0.500. The number of aryl methyl sites for hydroxylation is 1. The van der Waals surface area contributed by atoms with Crippen LogP contribution in [0.25, 0.3) is 0 Å². The molecule has 0 aliphatic carbocycles. The summed E-state index contributed by atoms with van der Waals surface area (Å²) in [5, 5.41) is 4.07. The molecule has 1 unspecified atom stereocenters. The van der Waals surface area contributed by atoms with Crippen molar-refractivity contribution in [2.24, 2.45) is 0 Å². The number of nitrogens with zero attached hydrogens (tertiary/aromatic N) is 3. The number of benzene rings is 1. The van der Waals surface area contributed by atoms with Crippen molar-refractivity contribution in [2.45, 2.75) is 51.9 Å². The van der Waals surface area contributed by atoms with Crippen LogP contribution in [0.1, 0.15) is 57.3 Å². The predicted octanol–water partition coefficient (Wildman–Crippen LogP) is 3.45. The van der Waals surface area contributed by atoms with E-state index in [1.165, 1.54) is 5.56 Å². The Bertz CT molecular complexity index is 715. The van der Waals surface area contributed by atoms with Gasteiger partial charge in [0.1, 0.15) is 0 Å². The van der Waals surface area contributed by atoms with Gasteiger partial charge in [-0.3, -0.25) is 4.79 Å². The van der Waals surface area contributed by atoms with Gasteiger partial charge >= 0.3 is 0 Å². The fourth-order valence-electron chi connectivity index (χ4n) is 2.88. The first-order chi connectivity index (χ1) is 10.9. The van der Waals surface area contributed by atoms with E-state index in [1.54, 1.807) is 0 Å². The number of hydrogen-bond acceptors (Lipinski definition) is 4. The molecule has 0 N–H and O–H groups in total. The van der Waals surface area contributed by atoms with Crippen LogP contribution in [0.2, 0.25) is 0 Å². The molecule has 1 atom stereocenters. The summed E-state index contributed by atoms with van der Waals surface area (Å²) in [5.74, 6) is 1.34. The van der Waals surface area contributed by atoms with Gasteiger partial charge in [-0.1, -0.05) is 51.1 Å². The summed E-state index contributed by atoms with van der Waals surface area (Å²) in [6, 6.07) is 8.06. The van der Waals surface area contributed by atoms with Gasteiger partial charge in [-0.05, 0) is 18.1 Å². The molecular weight excluding hydrogens is 290 g/mol. The highest BCUT2D eigenvalue weighted by molar-refractivity contribution is 5.97. The lowest BCUT2D eigenvalue weighted by atomic mass is 9.96. The minimum Gasteiger partial charge on any atom is -0.339 e. The lowest BCUT2D eigenvalue weighted by Crippen LogP contribution is -2.25. The highest BCUT2D eigenvalue weighted by Gasteiger charge is 2.36. The molecule has 0 saturated carbocycles. The maximum absolute atomic E-state index is 12.5. The lowest BCUT2D eigenvalue weighted by molar-refractivity contribution is -0.117. The summed E-state index contributed by atoms with van der Waals surface area (Å²) in [7, 11) is 0. The first-order valence-corrected chi connectivity index (χ1v) is 8.12. The van der Waals surface area contributed by atoms with E-state index in [-0.39, 0.29) is 17.2 Å². The summed E-state index contributed by atoms with van der Waals surface area (Å²) in [5.41, 5.74) is 2.03. The van der Waals surface area contributed by atoms with Crippen LogP contribution in [-0.4, -0.2) is 22.6 Å². The Morgan fingerprint density at radius 2 is 2.04 bits per heavy atom. The van der Waals surface area contributed by atoms with Gasteiger partial charge in [0.15, 0.2) is 5.82 Å². The summed E-state index contributed by atoms with van der Waals surface area (Å²) >= 11 is 0. The molecule has 1 aromatic carbocycles. The second-order valence-corrected chi connectivity index (χ2v) is 7.09. The normalized spacial score (nSPS) is 18.7. The van der Waals surface area contributed by atoms with Crippen molar-refractivity contribution in [3.05, 3.63) is 41.5 Å². The van der Waals surface area contributed by atoms with Crippen LogP contribution in [0.4, 0.5) is 5.69 Å². The molecule has 1 aromatic heterocycles. The Hall–Kier alpha value is -2.17. The summed E-state index contributed by atoms with van der Waals surface area (Å²) in [6.07, 6.45) is 1.32. The maximum Gasteiger partial charge on any atom is 0.232 e. The molecule has 0 radical (unpaired) electrons. The van der Waals surface area contributed by atoms with Gasteiger partial charge in [-0.15, -0.1) is 0 Å². The zero-order valence-electron chi connectivity index (χ0n) is 14.2. The fourth-order valence-corrected chi connectivity index (χ4v) is 2.88. The van der Waals surface area contributed by atoms with E-state index in [0.29, 0.717) is 24.7 Å². The molecular formula is C18H23N3O2.